The maximum atomic E-state index is 13.5. The molecule has 10 nitrogen and oxygen atoms in total. The number of carbonyl (C=O) groups is 3. The summed E-state index contributed by atoms with van der Waals surface area (Å²) in [4.78, 5) is 45.3. The highest BCUT2D eigenvalue weighted by Crippen LogP contribution is 2.21. The van der Waals surface area contributed by atoms with Gasteiger partial charge in [-0.25, -0.2) is 4.98 Å². The fraction of sp³-hybridized carbons (Fsp3) is 0.378. The number of amides is 3. The Bertz CT molecular complexity index is 1710. The molecule has 3 aromatic carbocycles. The molecule has 3 atom stereocenters. The molecule has 11 heteroatoms. The highest BCUT2D eigenvalue weighted by atomic mass is 32.2. The number of benzene rings is 3. The Morgan fingerprint density at radius 2 is 1.79 bits per heavy atom. The van der Waals surface area contributed by atoms with Crippen molar-refractivity contribution in [3.05, 3.63) is 102 Å². The van der Waals surface area contributed by atoms with Crippen LogP contribution in [0.3, 0.4) is 0 Å². The Balaban J connectivity index is 1.51. The van der Waals surface area contributed by atoms with E-state index in [1.807, 2.05) is 46.1 Å². The first kappa shape index (κ1) is 36.2. The van der Waals surface area contributed by atoms with Crippen LogP contribution in [0.2, 0.25) is 0 Å². The van der Waals surface area contributed by atoms with Crippen LogP contribution < -0.4 is 16.4 Å². The Hall–Kier alpha value is -4.66. The van der Waals surface area contributed by atoms with E-state index in [4.69, 9.17) is 11.0 Å². The van der Waals surface area contributed by atoms with Gasteiger partial charge in [0, 0.05) is 37.6 Å². The van der Waals surface area contributed by atoms with Gasteiger partial charge in [-0.3, -0.25) is 19.3 Å². The van der Waals surface area contributed by atoms with Crippen LogP contribution in [0.1, 0.15) is 49.1 Å². The van der Waals surface area contributed by atoms with Gasteiger partial charge in [0.15, 0.2) is 0 Å². The first-order chi connectivity index (χ1) is 23.2. The van der Waals surface area contributed by atoms with Crippen LogP contribution in [0, 0.1) is 17.2 Å². The third kappa shape index (κ3) is 10.4. The number of aromatic nitrogens is 2. The van der Waals surface area contributed by atoms with E-state index in [-0.39, 0.29) is 36.7 Å². The number of hydrogen-bond donors (Lipinski definition) is 3. The zero-order chi connectivity index (χ0) is 34.5. The number of primary amides is 1. The quantitative estimate of drug-likeness (QED) is 0.144. The summed E-state index contributed by atoms with van der Waals surface area (Å²) in [6.07, 6.45) is 6.77. The molecule has 0 radical (unpaired) electrons. The molecule has 4 aromatic rings. The molecule has 0 saturated carbocycles. The first-order valence-corrected chi connectivity index (χ1v) is 17.6. The molecule has 0 saturated heterocycles. The van der Waals surface area contributed by atoms with Crippen molar-refractivity contribution in [2.24, 2.45) is 11.7 Å². The summed E-state index contributed by atoms with van der Waals surface area (Å²) < 4.78 is 1.93. The molecule has 252 valence electrons. The monoisotopic (exact) mass is 667 g/mol. The van der Waals surface area contributed by atoms with Gasteiger partial charge >= 0.3 is 0 Å². The SMILES string of the molecule is CC[C@H](C)[C@@H](CN(CC(=O)N[C@@H](CCSC)C(N)=O)Cc1cccc2ccccc12)NC(=O)Cc1cncn1Cc1ccc(C#N)cc1. The van der Waals surface area contributed by atoms with E-state index in [9.17, 15) is 14.4 Å². The minimum atomic E-state index is -0.747. The van der Waals surface area contributed by atoms with Gasteiger partial charge in [-0.15, -0.1) is 0 Å². The van der Waals surface area contributed by atoms with Crippen LogP contribution in [0.15, 0.2) is 79.3 Å². The number of thioether (sulfide) groups is 1. The molecule has 4 N–H and O–H groups in total. The van der Waals surface area contributed by atoms with Gasteiger partial charge in [-0.05, 0) is 58.4 Å². The van der Waals surface area contributed by atoms with Gasteiger partial charge in [-0.1, -0.05) is 74.9 Å². The van der Waals surface area contributed by atoms with E-state index >= 15 is 0 Å². The molecule has 0 aliphatic heterocycles. The molecule has 0 unspecified atom stereocenters. The molecule has 0 aliphatic rings. The number of nitrogens with zero attached hydrogens (tertiary/aromatic N) is 4. The topological polar surface area (TPSA) is 146 Å². The largest absolute Gasteiger partial charge is 0.368 e. The lowest BCUT2D eigenvalue weighted by Crippen LogP contribution is -2.52. The van der Waals surface area contributed by atoms with Crippen molar-refractivity contribution in [3.8, 4) is 6.07 Å². The maximum Gasteiger partial charge on any atom is 0.240 e. The zero-order valence-corrected chi connectivity index (χ0v) is 28.7. The molecular formula is C37H45N7O3S. The lowest BCUT2D eigenvalue weighted by atomic mass is 9.97. The van der Waals surface area contributed by atoms with Gasteiger partial charge in [0.1, 0.15) is 6.04 Å². The van der Waals surface area contributed by atoms with Crippen molar-refractivity contribution in [2.45, 2.75) is 58.3 Å². The fourth-order valence-corrected chi connectivity index (χ4v) is 6.16. The highest BCUT2D eigenvalue weighted by Gasteiger charge is 2.25. The van der Waals surface area contributed by atoms with Crippen molar-refractivity contribution in [1.29, 1.82) is 5.26 Å². The van der Waals surface area contributed by atoms with Crippen LogP contribution in [0.5, 0.6) is 0 Å². The van der Waals surface area contributed by atoms with Crippen LogP contribution >= 0.6 is 11.8 Å². The highest BCUT2D eigenvalue weighted by molar-refractivity contribution is 7.98. The van der Waals surface area contributed by atoms with E-state index in [2.05, 4.69) is 59.8 Å². The van der Waals surface area contributed by atoms with Crippen molar-refractivity contribution in [2.75, 3.05) is 25.1 Å². The Labute approximate surface area is 287 Å². The molecule has 0 spiro atoms. The first-order valence-electron chi connectivity index (χ1n) is 16.2. The summed E-state index contributed by atoms with van der Waals surface area (Å²) in [5.74, 6) is -0.165. The average molecular weight is 668 g/mol. The molecule has 4 rings (SSSR count). The summed E-state index contributed by atoms with van der Waals surface area (Å²) >= 11 is 1.59. The van der Waals surface area contributed by atoms with E-state index in [1.54, 1.807) is 36.4 Å². The Morgan fingerprint density at radius 3 is 2.50 bits per heavy atom. The molecule has 0 bridgehead atoms. The lowest BCUT2D eigenvalue weighted by Gasteiger charge is -2.32. The standard InChI is InChI=1S/C37H45N7O3S/c1-4-26(2)34(42-35(45)18-31-20-40-25-44(31)21-28-14-12-27(19-38)13-15-28)23-43(24-36(46)41-33(37(39)47)16-17-48-3)22-30-10-7-9-29-8-5-6-11-32(29)30/h5-15,20,25-26,33-34H,4,16-18,21-24H2,1-3H3,(H2,39,47)(H,41,46)(H,42,45)/t26-,33-,34+/m0/s1. The number of rotatable bonds is 18. The average Bonchev–Trinajstić information content (AvgIpc) is 3.51. The molecule has 0 fully saturated rings. The number of hydrogen-bond acceptors (Lipinski definition) is 7. The zero-order valence-electron chi connectivity index (χ0n) is 27.9. The van der Waals surface area contributed by atoms with E-state index in [0.29, 0.717) is 37.4 Å². The van der Waals surface area contributed by atoms with Crippen LogP contribution in [-0.2, 0) is 33.9 Å². The summed E-state index contributed by atoms with van der Waals surface area (Å²) in [6, 6.07) is 22.8. The number of imidazole rings is 1. The minimum Gasteiger partial charge on any atom is -0.368 e. The molecule has 1 heterocycles. The van der Waals surface area contributed by atoms with E-state index in [0.717, 1.165) is 34.0 Å². The normalized spacial score (nSPS) is 13.1. The smallest absolute Gasteiger partial charge is 0.240 e. The molecule has 3 amide bonds. The van der Waals surface area contributed by atoms with Crippen LogP contribution in [-0.4, -0.2) is 69.4 Å². The van der Waals surface area contributed by atoms with E-state index < -0.39 is 11.9 Å². The molecule has 48 heavy (non-hydrogen) atoms. The molecule has 0 aliphatic carbocycles. The van der Waals surface area contributed by atoms with Crippen molar-refractivity contribution in [3.63, 3.8) is 0 Å². The minimum absolute atomic E-state index is 0.0342. The van der Waals surface area contributed by atoms with Crippen molar-refractivity contribution >= 4 is 40.3 Å². The Kier molecular flexibility index (Phi) is 13.6. The number of nitrogens with one attached hydrogen (secondary N) is 2. The van der Waals surface area contributed by atoms with Crippen LogP contribution in [0.25, 0.3) is 10.8 Å². The van der Waals surface area contributed by atoms with Crippen molar-refractivity contribution in [1.82, 2.24) is 25.1 Å². The van der Waals surface area contributed by atoms with Crippen LogP contribution in [0.4, 0.5) is 0 Å². The number of carbonyl (C=O) groups excluding carboxylic acids is 3. The van der Waals surface area contributed by atoms with Gasteiger partial charge < -0.3 is 20.9 Å². The third-order valence-electron chi connectivity index (χ3n) is 8.64. The number of nitrogens with two attached hydrogens (primary N) is 1. The van der Waals surface area contributed by atoms with Gasteiger partial charge in [0.2, 0.25) is 17.7 Å². The fourth-order valence-electron chi connectivity index (χ4n) is 5.69. The predicted octanol–water partition coefficient (Wildman–Crippen LogP) is 4.26. The summed E-state index contributed by atoms with van der Waals surface area (Å²) in [6.45, 7) is 5.64. The second kappa shape index (κ2) is 18.0. The summed E-state index contributed by atoms with van der Waals surface area (Å²) in [5, 5.41) is 17.4. The summed E-state index contributed by atoms with van der Waals surface area (Å²) in [7, 11) is 0. The Morgan fingerprint density at radius 1 is 1.04 bits per heavy atom. The molecule has 1 aromatic heterocycles. The van der Waals surface area contributed by atoms with Gasteiger partial charge in [-0.2, -0.15) is 17.0 Å². The third-order valence-corrected chi connectivity index (χ3v) is 9.28. The second-order valence-electron chi connectivity index (χ2n) is 12.2. The predicted molar refractivity (Wildman–Crippen MR) is 191 cm³/mol. The number of nitriles is 1. The molecular weight excluding hydrogens is 623 g/mol. The number of fused-ring (bicyclic) bond motifs is 1. The van der Waals surface area contributed by atoms with E-state index in [1.165, 1.54) is 0 Å². The second-order valence-corrected chi connectivity index (χ2v) is 13.2. The van der Waals surface area contributed by atoms with Crippen molar-refractivity contribution < 1.29 is 14.4 Å². The summed E-state index contributed by atoms with van der Waals surface area (Å²) in [5.41, 5.74) is 9.05. The lowest BCUT2D eigenvalue weighted by molar-refractivity contribution is -0.128. The van der Waals surface area contributed by atoms with Gasteiger partial charge in [0.05, 0.1) is 30.9 Å². The maximum absolute atomic E-state index is 13.5. The van der Waals surface area contributed by atoms with Gasteiger partial charge in [0.25, 0.3) is 0 Å².